The largest absolute Gasteiger partial charge is 0.469 e. The lowest BCUT2D eigenvalue weighted by molar-refractivity contribution is -0.191. The SMILES string of the molecule is CCCCCC(=O)C=C[C@H]1[C@H](CC=CCCCC(=O)OC)OC[C@@H]1OC1CCCCO1. The monoisotopic (exact) mass is 436 g/mol. The smallest absolute Gasteiger partial charge is 0.305 e. The van der Waals surface area contributed by atoms with Gasteiger partial charge < -0.3 is 18.9 Å². The Morgan fingerprint density at radius 2 is 1.94 bits per heavy atom. The normalized spacial score (nSPS) is 26.6. The second-order valence-corrected chi connectivity index (χ2v) is 8.38. The molecule has 0 spiro atoms. The highest BCUT2D eigenvalue weighted by molar-refractivity contribution is 5.89. The van der Waals surface area contributed by atoms with E-state index in [1.165, 1.54) is 7.11 Å². The lowest BCUT2D eigenvalue weighted by Gasteiger charge is -2.27. The average Bonchev–Trinajstić information content (AvgIpc) is 3.16. The number of hydrogen-bond donors (Lipinski definition) is 0. The molecule has 6 nitrogen and oxygen atoms in total. The van der Waals surface area contributed by atoms with Crippen LogP contribution in [0.1, 0.15) is 77.6 Å². The van der Waals surface area contributed by atoms with E-state index >= 15 is 0 Å². The van der Waals surface area contributed by atoms with E-state index in [1.54, 1.807) is 6.08 Å². The molecular weight excluding hydrogens is 396 g/mol. The predicted molar refractivity (Wildman–Crippen MR) is 120 cm³/mol. The maximum absolute atomic E-state index is 12.2. The summed E-state index contributed by atoms with van der Waals surface area (Å²) in [6, 6.07) is 0. The fourth-order valence-corrected chi connectivity index (χ4v) is 3.96. The number of esters is 1. The summed E-state index contributed by atoms with van der Waals surface area (Å²) in [4.78, 5) is 23.4. The van der Waals surface area contributed by atoms with Gasteiger partial charge in [0, 0.05) is 25.4 Å². The summed E-state index contributed by atoms with van der Waals surface area (Å²) in [5, 5.41) is 0. The zero-order chi connectivity index (χ0) is 22.3. The topological polar surface area (TPSA) is 71.1 Å². The van der Waals surface area contributed by atoms with Crippen LogP contribution in [0.3, 0.4) is 0 Å². The Morgan fingerprint density at radius 3 is 2.68 bits per heavy atom. The third-order valence-electron chi connectivity index (χ3n) is 5.84. The lowest BCUT2D eigenvalue weighted by atomic mass is 9.94. The summed E-state index contributed by atoms with van der Waals surface area (Å²) in [7, 11) is 1.41. The van der Waals surface area contributed by atoms with E-state index in [0.717, 1.165) is 64.4 Å². The van der Waals surface area contributed by atoms with Gasteiger partial charge >= 0.3 is 5.97 Å². The molecule has 6 heteroatoms. The van der Waals surface area contributed by atoms with Crippen LogP contribution in [0.2, 0.25) is 0 Å². The molecule has 0 saturated carbocycles. The summed E-state index contributed by atoms with van der Waals surface area (Å²) in [6.07, 6.45) is 17.2. The van der Waals surface area contributed by atoms with Gasteiger partial charge in [0.1, 0.15) is 0 Å². The zero-order valence-corrected chi connectivity index (χ0v) is 19.3. The molecule has 176 valence electrons. The molecule has 0 aromatic rings. The Hall–Kier alpha value is -1.50. The van der Waals surface area contributed by atoms with E-state index in [0.29, 0.717) is 19.4 Å². The maximum Gasteiger partial charge on any atom is 0.305 e. The summed E-state index contributed by atoms with van der Waals surface area (Å²) < 4.78 is 22.7. The molecule has 0 radical (unpaired) electrons. The Balaban J connectivity index is 1.88. The van der Waals surface area contributed by atoms with Crippen LogP contribution in [0, 0.1) is 5.92 Å². The fraction of sp³-hybridized carbons (Fsp3) is 0.760. The van der Waals surface area contributed by atoms with Crippen molar-refractivity contribution in [1.82, 2.24) is 0 Å². The molecule has 2 fully saturated rings. The van der Waals surface area contributed by atoms with E-state index < -0.39 is 0 Å². The predicted octanol–water partition coefficient (Wildman–Crippen LogP) is 4.91. The third-order valence-corrected chi connectivity index (χ3v) is 5.84. The Bertz CT molecular complexity index is 579. The van der Waals surface area contributed by atoms with Crippen LogP contribution in [0.4, 0.5) is 0 Å². The first-order valence-corrected chi connectivity index (χ1v) is 12.0. The standard InChI is InChI=1S/C25H40O6/c1-3-4-7-12-20(26)16-17-21-22(13-8-5-6-9-14-24(27)28-2)30-19-23(21)31-25-15-10-11-18-29-25/h5,8,16-17,21-23,25H,3-4,6-7,9-15,18-19H2,1-2H3/t21-,22-,23-,25?/m0/s1. The molecule has 0 aromatic carbocycles. The van der Waals surface area contributed by atoms with Gasteiger partial charge in [0.2, 0.25) is 0 Å². The van der Waals surface area contributed by atoms with Gasteiger partial charge in [0.05, 0.1) is 25.9 Å². The number of carbonyl (C=O) groups is 2. The van der Waals surface area contributed by atoms with E-state index in [9.17, 15) is 9.59 Å². The van der Waals surface area contributed by atoms with E-state index in [1.807, 2.05) is 6.08 Å². The van der Waals surface area contributed by atoms with Gasteiger partial charge in [-0.1, -0.05) is 38.0 Å². The van der Waals surface area contributed by atoms with Crippen molar-refractivity contribution < 1.29 is 28.5 Å². The minimum atomic E-state index is -0.175. The van der Waals surface area contributed by atoms with Gasteiger partial charge in [-0.05, 0) is 51.0 Å². The van der Waals surface area contributed by atoms with Crippen molar-refractivity contribution in [2.75, 3.05) is 20.3 Å². The van der Waals surface area contributed by atoms with Crippen LogP contribution in [0.5, 0.6) is 0 Å². The van der Waals surface area contributed by atoms with Crippen molar-refractivity contribution in [3.8, 4) is 0 Å². The van der Waals surface area contributed by atoms with Crippen molar-refractivity contribution in [3.05, 3.63) is 24.3 Å². The molecule has 2 aliphatic rings. The second-order valence-electron chi connectivity index (χ2n) is 8.38. The Labute approximate surface area is 187 Å². The van der Waals surface area contributed by atoms with Crippen LogP contribution in [-0.4, -0.2) is 50.6 Å². The van der Waals surface area contributed by atoms with Gasteiger partial charge in [-0.15, -0.1) is 0 Å². The first kappa shape index (κ1) is 25.8. The highest BCUT2D eigenvalue weighted by Crippen LogP contribution is 2.30. The average molecular weight is 437 g/mol. The van der Waals surface area contributed by atoms with Crippen LogP contribution in [0.15, 0.2) is 24.3 Å². The molecule has 2 heterocycles. The molecule has 2 aliphatic heterocycles. The fourth-order valence-electron chi connectivity index (χ4n) is 3.96. The summed E-state index contributed by atoms with van der Waals surface area (Å²) in [6.45, 7) is 3.39. The Morgan fingerprint density at radius 1 is 1.06 bits per heavy atom. The first-order chi connectivity index (χ1) is 15.1. The van der Waals surface area contributed by atoms with Crippen molar-refractivity contribution in [2.24, 2.45) is 5.92 Å². The maximum atomic E-state index is 12.2. The molecule has 0 amide bonds. The molecule has 2 rings (SSSR count). The van der Waals surface area contributed by atoms with Gasteiger partial charge in [0.25, 0.3) is 0 Å². The number of methoxy groups -OCH3 is 1. The van der Waals surface area contributed by atoms with Gasteiger partial charge in [0.15, 0.2) is 12.1 Å². The number of rotatable bonds is 14. The van der Waals surface area contributed by atoms with Gasteiger partial charge in [-0.2, -0.15) is 0 Å². The summed E-state index contributed by atoms with van der Waals surface area (Å²) >= 11 is 0. The minimum absolute atomic E-state index is 0.0230. The lowest BCUT2D eigenvalue weighted by Crippen LogP contribution is -2.32. The number of carbonyl (C=O) groups excluding carboxylic acids is 2. The van der Waals surface area contributed by atoms with E-state index in [4.69, 9.17) is 14.2 Å². The number of allylic oxidation sites excluding steroid dienone is 2. The molecular formula is C25H40O6. The highest BCUT2D eigenvalue weighted by atomic mass is 16.7. The second kappa shape index (κ2) is 15.3. The van der Waals surface area contributed by atoms with Crippen molar-refractivity contribution in [1.29, 1.82) is 0 Å². The van der Waals surface area contributed by atoms with Crippen LogP contribution >= 0.6 is 0 Å². The third kappa shape index (κ3) is 10.1. The number of ether oxygens (including phenoxy) is 4. The van der Waals surface area contributed by atoms with Crippen molar-refractivity contribution >= 4 is 11.8 Å². The molecule has 0 aliphatic carbocycles. The molecule has 0 bridgehead atoms. The van der Waals surface area contributed by atoms with E-state index in [-0.39, 0.29) is 36.2 Å². The van der Waals surface area contributed by atoms with Crippen LogP contribution < -0.4 is 0 Å². The molecule has 2 saturated heterocycles. The highest BCUT2D eigenvalue weighted by Gasteiger charge is 2.37. The van der Waals surface area contributed by atoms with Crippen molar-refractivity contribution in [2.45, 2.75) is 96.1 Å². The molecule has 0 aromatic heterocycles. The van der Waals surface area contributed by atoms with E-state index in [2.05, 4.69) is 23.8 Å². The molecule has 4 atom stereocenters. The Kier molecular flexibility index (Phi) is 12.7. The quantitative estimate of drug-likeness (QED) is 0.167. The van der Waals surface area contributed by atoms with Gasteiger partial charge in [-0.25, -0.2) is 0 Å². The number of unbranched alkanes of at least 4 members (excludes halogenated alkanes) is 3. The van der Waals surface area contributed by atoms with Gasteiger partial charge in [-0.3, -0.25) is 9.59 Å². The minimum Gasteiger partial charge on any atom is -0.469 e. The summed E-state index contributed by atoms with van der Waals surface area (Å²) in [5.41, 5.74) is 0. The molecule has 1 unspecified atom stereocenters. The molecule has 31 heavy (non-hydrogen) atoms. The molecule has 0 N–H and O–H groups in total. The van der Waals surface area contributed by atoms with Crippen LogP contribution in [0.25, 0.3) is 0 Å². The first-order valence-electron chi connectivity index (χ1n) is 12.0. The number of hydrogen-bond acceptors (Lipinski definition) is 6. The van der Waals surface area contributed by atoms with Crippen molar-refractivity contribution in [3.63, 3.8) is 0 Å². The zero-order valence-electron chi connectivity index (χ0n) is 19.3. The van der Waals surface area contributed by atoms with Crippen LogP contribution in [-0.2, 0) is 28.5 Å². The number of ketones is 1. The summed E-state index contributed by atoms with van der Waals surface area (Å²) in [5.74, 6) is 0.0248.